The Bertz CT molecular complexity index is 1940. The molecule has 0 heterocycles. The Morgan fingerprint density at radius 3 is 0.783 bits per heavy atom. The second kappa shape index (κ2) is 69.0. The maximum Gasteiger partial charge on any atom is 0.309 e. The van der Waals surface area contributed by atoms with Crippen molar-refractivity contribution in [1.82, 2.24) is 0 Å². The van der Waals surface area contributed by atoms with Gasteiger partial charge in [0.15, 0.2) is 6.10 Å². The summed E-state index contributed by atoms with van der Waals surface area (Å²) in [5.41, 5.74) is 0. The minimum atomic E-state index is -0.840. The molecule has 0 saturated heterocycles. The number of esters is 3. The zero-order chi connectivity index (χ0) is 59.9. The van der Waals surface area contributed by atoms with Crippen LogP contribution in [0.2, 0.25) is 0 Å². The van der Waals surface area contributed by atoms with E-state index in [1.165, 1.54) is 70.6 Å². The van der Waals surface area contributed by atoms with Gasteiger partial charge >= 0.3 is 17.9 Å². The molecule has 0 amide bonds. The predicted octanol–water partition coefficient (Wildman–Crippen LogP) is 23.2. The van der Waals surface area contributed by atoms with Crippen molar-refractivity contribution in [3.63, 3.8) is 0 Å². The summed E-state index contributed by atoms with van der Waals surface area (Å²) in [6.45, 7) is 6.19. The fraction of sp³-hybridized carbons (Fsp3) is 0.571. The molecule has 6 heteroatoms. The van der Waals surface area contributed by atoms with Crippen molar-refractivity contribution in [2.24, 2.45) is 0 Å². The molecule has 0 aromatic rings. The molecule has 0 rings (SSSR count). The molecule has 1 atom stereocenters. The van der Waals surface area contributed by atoms with E-state index in [0.717, 1.165) is 154 Å². The van der Waals surface area contributed by atoms with Gasteiger partial charge in [0.2, 0.25) is 0 Å². The van der Waals surface area contributed by atoms with Crippen molar-refractivity contribution in [2.75, 3.05) is 13.2 Å². The summed E-state index contributed by atoms with van der Waals surface area (Å²) in [5.74, 6) is -1.08. The maximum atomic E-state index is 12.9. The van der Waals surface area contributed by atoms with E-state index in [0.29, 0.717) is 6.42 Å². The van der Waals surface area contributed by atoms with Crippen LogP contribution >= 0.6 is 0 Å². The first-order chi connectivity index (χ1) is 41.0. The van der Waals surface area contributed by atoms with Gasteiger partial charge in [-0.1, -0.05) is 293 Å². The van der Waals surface area contributed by atoms with Crippen LogP contribution in [-0.4, -0.2) is 37.2 Å². The van der Waals surface area contributed by atoms with Crippen LogP contribution in [0.1, 0.15) is 265 Å². The van der Waals surface area contributed by atoms with Crippen LogP contribution in [0.15, 0.2) is 182 Å². The van der Waals surface area contributed by atoms with Crippen molar-refractivity contribution < 1.29 is 28.6 Å². The Morgan fingerprint density at radius 1 is 0.253 bits per heavy atom. The molecule has 0 saturated carbocycles. The first kappa shape index (κ1) is 77.5. The van der Waals surface area contributed by atoms with Crippen LogP contribution in [0, 0.1) is 0 Å². The van der Waals surface area contributed by atoms with Gasteiger partial charge in [-0.2, -0.15) is 0 Å². The Hall–Kier alpha value is -5.49. The lowest BCUT2D eigenvalue weighted by atomic mass is 10.0. The molecule has 1 unspecified atom stereocenters. The third-order valence-corrected chi connectivity index (χ3v) is 13.4. The zero-order valence-corrected chi connectivity index (χ0v) is 53.1. The highest BCUT2D eigenvalue weighted by Crippen LogP contribution is 2.15. The number of ether oxygens (including phenoxy) is 3. The number of hydrogen-bond acceptors (Lipinski definition) is 6. The fourth-order valence-electron chi connectivity index (χ4n) is 8.57. The van der Waals surface area contributed by atoms with Crippen LogP contribution < -0.4 is 0 Å². The van der Waals surface area contributed by atoms with E-state index in [2.05, 4.69) is 191 Å². The third kappa shape index (κ3) is 67.2. The summed E-state index contributed by atoms with van der Waals surface area (Å²) in [4.78, 5) is 38.3. The van der Waals surface area contributed by atoms with Gasteiger partial charge in [-0.3, -0.25) is 14.4 Å². The summed E-state index contributed by atoms with van der Waals surface area (Å²) in [6.07, 6.45) is 104. The van der Waals surface area contributed by atoms with Gasteiger partial charge in [0.25, 0.3) is 0 Å². The second-order valence-electron chi connectivity index (χ2n) is 21.2. The van der Waals surface area contributed by atoms with Gasteiger partial charge in [0.05, 0.1) is 6.42 Å². The largest absolute Gasteiger partial charge is 0.462 e. The van der Waals surface area contributed by atoms with Crippen molar-refractivity contribution in [3.8, 4) is 0 Å². The molecule has 0 aliphatic heterocycles. The Kier molecular flexibility index (Phi) is 64.4. The van der Waals surface area contributed by atoms with Gasteiger partial charge in [-0.05, 0) is 135 Å². The first-order valence-corrected chi connectivity index (χ1v) is 33.3. The zero-order valence-electron chi connectivity index (χ0n) is 53.1. The lowest BCUT2D eigenvalue weighted by Crippen LogP contribution is -2.30. The van der Waals surface area contributed by atoms with Crippen molar-refractivity contribution >= 4 is 17.9 Å². The Morgan fingerprint density at radius 2 is 0.482 bits per heavy atom. The van der Waals surface area contributed by atoms with Crippen LogP contribution in [0.25, 0.3) is 0 Å². The maximum absolute atomic E-state index is 12.9. The van der Waals surface area contributed by atoms with E-state index >= 15 is 0 Å². The van der Waals surface area contributed by atoms with E-state index in [4.69, 9.17) is 14.2 Å². The monoisotopic (exact) mass is 1140 g/mol. The van der Waals surface area contributed by atoms with Gasteiger partial charge in [-0.25, -0.2) is 0 Å². The number of unbranched alkanes of at least 4 members (excludes halogenated alkanes) is 18. The number of allylic oxidation sites excluding steroid dienone is 29. The molecule has 0 N–H and O–H groups in total. The number of carbonyl (C=O) groups excluding carboxylic acids is 3. The van der Waals surface area contributed by atoms with E-state index in [-0.39, 0.29) is 38.0 Å². The minimum Gasteiger partial charge on any atom is -0.462 e. The standard InChI is InChI=1S/C77H120O6/c1-4-7-10-13-16-19-22-25-28-30-32-34-35-36-37-38-39-40-41-43-44-46-49-52-55-58-61-64-67-70-76(79)82-73-74(72-81-75(78)69-66-63-60-57-54-51-48-27-24-21-18-15-12-9-6-3)83-77(80)71-68-65-62-59-56-53-50-47-45-42-33-31-29-26-23-20-17-14-11-8-5-2/h7-12,16-21,25-29,32-34,36-37,42,47-48,50,54,57,63,66,74H,4-6,13-15,22-24,30-31,35,38-41,43-46,49,51-53,55-56,58-62,64-65,67-73H2,1-3H3/b10-7-,11-8-,12-9-,19-16-,20-17-,21-18-,28-25-,29-26-,34-32-,37-36-,42-33-,48-27-,50-47-,57-54-,66-63-. The first-order valence-electron chi connectivity index (χ1n) is 33.3. The lowest BCUT2D eigenvalue weighted by molar-refractivity contribution is -0.166. The number of carbonyl (C=O) groups is 3. The Labute approximate surface area is 510 Å². The van der Waals surface area contributed by atoms with E-state index < -0.39 is 12.1 Å². The smallest absolute Gasteiger partial charge is 0.309 e. The van der Waals surface area contributed by atoms with Crippen LogP contribution in [0.4, 0.5) is 0 Å². The molecule has 0 fully saturated rings. The van der Waals surface area contributed by atoms with Crippen LogP contribution in [0.5, 0.6) is 0 Å². The molecule has 0 aromatic carbocycles. The second-order valence-corrected chi connectivity index (χ2v) is 21.2. The summed E-state index contributed by atoms with van der Waals surface area (Å²) in [5, 5.41) is 0. The van der Waals surface area contributed by atoms with Crippen LogP contribution in [-0.2, 0) is 28.6 Å². The molecule has 0 aromatic heterocycles. The van der Waals surface area contributed by atoms with Crippen LogP contribution in [0.3, 0.4) is 0 Å². The third-order valence-electron chi connectivity index (χ3n) is 13.4. The lowest BCUT2D eigenvalue weighted by Gasteiger charge is -2.18. The highest BCUT2D eigenvalue weighted by Gasteiger charge is 2.19. The molecule has 0 spiro atoms. The minimum absolute atomic E-state index is 0.114. The topological polar surface area (TPSA) is 78.9 Å². The fourth-order valence-corrected chi connectivity index (χ4v) is 8.57. The van der Waals surface area contributed by atoms with Crippen molar-refractivity contribution in [2.45, 2.75) is 271 Å². The molecule has 0 radical (unpaired) electrons. The van der Waals surface area contributed by atoms with E-state index in [1.807, 2.05) is 6.08 Å². The quantitative estimate of drug-likeness (QED) is 0.0261. The number of hydrogen-bond donors (Lipinski definition) is 0. The van der Waals surface area contributed by atoms with E-state index in [9.17, 15) is 14.4 Å². The van der Waals surface area contributed by atoms with Gasteiger partial charge in [0.1, 0.15) is 13.2 Å². The average molecular weight is 1140 g/mol. The summed E-state index contributed by atoms with van der Waals surface area (Å²) >= 11 is 0. The van der Waals surface area contributed by atoms with Gasteiger partial charge in [-0.15, -0.1) is 0 Å². The summed E-state index contributed by atoms with van der Waals surface area (Å²) in [6, 6.07) is 0. The van der Waals surface area contributed by atoms with E-state index in [1.54, 1.807) is 6.08 Å². The van der Waals surface area contributed by atoms with Crippen molar-refractivity contribution in [3.05, 3.63) is 182 Å². The van der Waals surface area contributed by atoms with Gasteiger partial charge in [0, 0.05) is 12.8 Å². The number of rotatable bonds is 58. The normalized spacial score (nSPS) is 13.3. The van der Waals surface area contributed by atoms with Gasteiger partial charge < -0.3 is 14.2 Å². The molecular weight excluding hydrogens is 1020 g/mol. The highest BCUT2D eigenvalue weighted by molar-refractivity contribution is 5.72. The molecule has 0 bridgehead atoms. The molecule has 83 heavy (non-hydrogen) atoms. The highest BCUT2D eigenvalue weighted by atomic mass is 16.6. The van der Waals surface area contributed by atoms with Crippen molar-refractivity contribution in [1.29, 1.82) is 0 Å². The molecule has 0 aliphatic rings. The average Bonchev–Trinajstić information content (AvgIpc) is 3.49. The Balaban J connectivity index is 4.44. The molecule has 464 valence electrons. The summed E-state index contributed by atoms with van der Waals surface area (Å²) in [7, 11) is 0. The molecule has 0 aliphatic carbocycles. The SMILES string of the molecule is CC/C=C\C/C=C\C/C=C\C/C=C\C/C=C\CCCCCCCCCCCCCCCC(=O)OCC(COC(=O)C/C=C\C/C=C\C/C=C\C/C=C\C/C=C\CC)OC(=O)CCCCCCC/C=C\C/C=C\C/C=C\C/C=C\C/C=C\CC. The molecule has 6 nitrogen and oxygen atoms in total. The predicted molar refractivity (Wildman–Crippen MR) is 361 cm³/mol. The molecular formula is C77H120O6. The summed E-state index contributed by atoms with van der Waals surface area (Å²) < 4.78 is 16.8.